The number of fused-ring (bicyclic) bond motifs is 5. The molecule has 0 radical (unpaired) electrons. The first-order chi connectivity index (χ1) is 20.6. The van der Waals surface area contributed by atoms with Gasteiger partial charge in [0.15, 0.2) is 5.78 Å². The summed E-state index contributed by atoms with van der Waals surface area (Å²) in [5, 5.41) is 71.1. The molecule has 11 atom stereocenters. The Morgan fingerprint density at radius 1 is 1.16 bits per heavy atom. The van der Waals surface area contributed by atoms with Crippen molar-refractivity contribution in [2.75, 3.05) is 13.2 Å². The molecule has 4 aliphatic rings. The van der Waals surface area contributed by atoms with Crippen molar-refractivity contribution < 1.29 is 54.7 Å². The van der Waals surface area contributed by atoms with E-state index < -0.39 is 82.2 Å². The Balaban J connectivity index is 1.46. The monoisotopic (exact) mass is 619 g/mol. The molecule has 44 heavy (non-hydrogen) atoms. The van der Waals surface area contributed by atoms with Gasteiger partial charge in [0.25, 0.3) is 0 Å². The number of amides is 1. The number of aliphatic hydroxyl groups excluding tert-OH is 3. The van der Waals surface area contributed by atoms with Crippen LogP contribution in [0.4, 0.5) is 4.79 Å². The summed E-state index contributed by atoms with van der Waals surface area (Å²) < 4.78 is 10.8. The van der Waals surface area contributed by atoms with E-state index in [1.165, 1.54) is 6.92 Å². The second-order valence-electron chi connectivity index (χ2n) is 13.9. The molecule has 9 unspecified atom stereocenters. The van der Waals surface area contributed by atoms with Crippen molar-refractivity contribution in [3.63, 3.8) is 0 Å². The first-order valence-corrected chi connectivity index (χ1v) is 15.2. The topological polar surface area (TPSA) is 195 Å². The van der Waals surface area contributed by atoms with E-state index in [-0.39, 0.29) is 38.2 Å². The Hall–Kier alpha value is -2.42. The predicted octanol–water partition coefficient (Wildman–Crippen LogP) is 1.32. The van der Waals surface area contributed by atoms with Crippen LogP contribution in [0, 0.1) is 28.6 Å². The second kappa shape index (κ2) is 11.4. The lowest BCUT2D eigenvalue weighted by molar-refractivity contribution is -0.338. The van der Waals surface area contributed by atoms with Gasteiger partial charge in [-0.15, -0.1) is 0 Å². The number of benzene rings is 1. The van der Waals surface area contributed by atoms with Gasteiger partial charge in [0.05, 0.1) is 29.8 Å². The Morgan fingerprint density at radius 2 is 1.82 bits per heavy atom. The predicted molar refractivity (Wildman–Crippen MR) is 155 cm³/mol. The zero-order valence-electron chi connectivity index (χ0n) is 25.8. The molecule has 12 heteroatoms. The molecule has 7 N–H and O–H groups in total. The second-order valence-corrected chi connectivity index (χ2v) is 13.9. The van der Waals surface area contributed by atoms with Gasteiger partial charge in [-0.05, 0) is 37.3 Å². The summed E-state index contributed by atoms with van der Waals surface area (Å²) in [4.78, 5) is 31.3. The van der Waals surface area contributed by atoms with Crippen molar-refractivity contribution in [3.05, 3.63) is 47.0 Å². The lowest BCUT2D eigenvalue weighted by Crippen LogP contribution is -2.78. The van der Waals surface area contributed by atoms with Gasteiger partial charge in [-0.3, -0.25) is 10.1 Å². The molecule has 12 nitrogen and oxygen atoms in total. The Labute approximate surface area is 256 Å². The first kappa shape index (κ1) is 33.0. The SMILES string of the molecule is CC1=C2C(O)C(=O)[C@]3(C)C(O)CC4OCC4(O)C3C(C)C(O)(CC1[C@H](OO)C(O)CNC(=O)OCc1ccccc1)C2(C)C. The molecule has 1 amide bonds. The number of carbonyl (C=O) groups is 2. The number of alkyl carbamates (subject to hydrolysis) is 1. The van der Waals surface area contributed by atoms with E-state index in [2.05, 4.69) is 5.32 Å². The van der Waals surface area contributed by atoms with Gasteiger partial charge in [-0.25, -0.2) is 9.68 Å². The van der Waals surface area contributed by atoms with Crippen LogP contribution in [0.3, 0.4) is 0 Å². The zero-order chi connectivity index (χ0) is 32.4. The lowest BCUT2D eigenvalue weighted by atomic mass is 9.42. The average molecular weight is 620 g/mol. The molecular weight excluding hydrogens is 574 g/mol. The van der Waals surface area contributed by atoms with Gasteiger partial charge >= 0.3 is 6.09 Å². The summed E-state index contributed by atoms with van der Waals surface area (Å²) in [5.41, 5.74) is -4.69. The van der Waals surface area contributed by atoms with E-state index in [0.717, 1.165) is 5.56 Å². The summed E-state index contributed by atoms with van der Waals surface area (Å²) in [6, 6.07) is 9.03. The largest absolute Gasteiger partial charge is 0.445 e. The molecule has 1 aromatic rings. The van der Waals surface area contributed by atoms with Crippen LogP contribution in [0.1, 0.15) is 53.0 Å². The number of rotatable bonds is 7. The molecule has 1 aromatic carbocycles. The molecule has 1 heterocycles. The normalized spacial score (nSPS) is 40.8. The Kier molecular flexibility index (Phi) is 8.56. The van der Waals surface area contributed by atoms with E-state index in [9.17, 15) is 40.4 Å². The quantitative estimate of drug-likeness (QED) is 0.132. The van der Waals surface area contributed by atoms with Crippen molar-refractivity contribution in [3.8, 4) is 0 Å². The first-order valence-electron chi connectivity index (χ1n) is 15.2. The van der Waals surface area contributed by atoms with Gasteiger partial charge < -0.3 is 40.3 Å². The number of aliphatic hydroxyl groups is 5. The van der Waals surface area contributed by atoms with Crippen LogP contribution in [0.25, 0.3) is 0 Å². The van der Waals surface area contributed by atoms with Crippen molar-refractivity contribution in [1.82, 2.24) is 5.32 Å². The molecule has 2 bridgehead atoms. The molecule has 2 saturated carbocycles. The van der Waals surface area contributed by atoms with Crippen LogP contribution in [0.2, 0.25) is 0 Å². The zero-order valence-corrected chi connectivity index (χ0v) is 25.8. The summed E-state index contributed by atoms with van der Waals surface area (Å²) in [6.45, 7) is 7.87. The maximum absolute atomic E-state index is 14.2. The van der Waals surface area contributed by atoms with E-state index in [1.54, 1.807) is 52.0 Å². The fourth-order valence-electron chi connectivity index (χ4n) is 8.91. The lowest BCUT2D eigenvalue weighted by Gasteiger charge is -2.67. The highest BCUT2D eigenvalue weighted by Gasteiger charge is 2.74. The van der Waals surface area contributed by atoms with Crippen LogP contribution in [0.15, 0.2) is 41.5 Å². The molecule has 0 spiro atoms. The third-order valence-corrected chi connectivity index (χ3v) is 11.5. The van der Waals surface area contributed by atoms with E-state index in [1.807, 2.05) is 6.07 Å². The van der Waals surface area contributed by atoms with E-state index >= 15 is 0 Å². The van der Waals surface area contributed by atoms with Crippen LogP contribution in [-0.2, 0) is 25.8 Å². The maximum atomic E-state index is 14.2. The average Bonchev–Trinajstić information content (AvgIpc) is 2.98. The molecule has 1 saturated heterocycles. The van der Waals surface area contributed by atoms with Crippen LogP contribution in [-0.4, -0.2) is 97.5 Å². The fourth-order valence-corrected chi connectivity index (χ4v) is 8.91. The summed E-state index contributed by atoms with van der Waals surface area (Å²) in [5.74, 6) is -3.44. The summed E-state index contributed by atoms with van der Waals surface area (Å²) in [7, 11) is 0. The third-order valence-electron chi connectivity index (χ3n) is 11.5. The van der Waals surface area contributed by atoms with Crippen molar-refractivity contribution in [1.29, 1.82) is 0 Å². The highest BCUT2D eigenvalue weighted by molar-refractivity contribution is 5.93. The molecule has 0 aromatic heterocycles. The third kappa shape index (κ3) is 4.73. The van der Waals surface area contributed by atoms with Gasteiger partial charge in [0.2, 0.25) is 0 Å². The number of hydrogen-bond acceptors (Lipinski definition) is 11. The van der Waals surface area contributed by atoms with Crippen molar-refractivity contribution in [2.24, 2.45) is 28.6 Å². The molecule has 3 aliphatic carbocycles. The van der Waals surface area contributed by atoms with Gasteiger partial charge in [0.1, 0.15) is 30.5 Å². The molecule has 244 valence electrons. The smallest absolute Gasteiger partial charge is 0.407 e. The van der Waals surface area contributed by atoms with Crippen LogP contribution < -0.4 is 5.32 Å². The minimum Gasteiger partial charge on any atom is -0.445 e. The minimum absolute atomic E-state index is 0.00452. The standard InChI is InChI=1S/C32H45NO11/c1-16-19(25(44-41)20(34)13-33-28(38)42-14-18-9-7-6-8-10-18)12-32(40)17(2)26-30(5,21(35)11-22-31(26,39)15-43-22)27(37)24(36)23(16)29(32,3)4/h6-10,17,19-22,24-26,34-36,39-41H,11-15H2,1-5H3,(H,33,38)/t17?,19?,20?,21?,22?,24?,25-,26?,30+,31?,32?/m0/s1. The highest BCUT2D eigenvalue weighted by Crippen LogP contribution is 2.65. The molecular formula is C32H45NO11. The number of Topliss-reactive ketones (excluding diaryl/α,β-unsaturated/α-hetero) is 1. The number of ketones is 1. The minimum atomic E-state index is -1.77. The van der Waals surface area contributed by atoms with E-state index in [0.29, 0.717) is 5.57 Å². The number of nitrogens with one attached hydrogen (secondary N) is 1. The Morgan fingerprint density at radius 3 is 2.41 bits per heavy atom. The Bertz CT molecular complexity index is 1300. The van der Waals surface area contributed by atoms with E-state index in [4.69, 9.17) is 14.4 Å². The highest BCUT2D eigenvalue weighted by atomic mass is 17.1. The van der Waals surface area contributed by atoms with Crippen molar-refractivity contribution >= 4 is 11.9 Å². The molecule has 5 rings (SSSR count). The van der Waals surface area contributed by atoms with Gasteiger partial charge in [-0.1, -0.05) is 56.7 Å². The number of ether oxygens (including phenoxy) is 2. The maximum Gasteiger partial charge on any atom is 0.407 e. The molecule has 1 aliphatic heterocycles. The molecule has 3 fully saturated rings. The summed E-state index contributed by atoms with van der Waals surface area (Å²) >= 11 is 0. The number of carbonyl (C=O) groups excluding carboxylic acids is 2. The summed E-state index contributed by atoms with van der Waals surface area (Å²) in [6.07, 6.45) is -7.52. The van der Waals surface area contributed by atoms with Gasteiger partial charge in [-0.2, -0.15) is 0 Å². The van der Waals surface area contributed by atoms with Crippen molar-refractivity contribution in [2.45, 2.75) is 95.8 Å². The van der Waals surface area contributed by atoms with Crippen LogP contribution in [0.5, 0.6) is 0 Å². The van der Waals surface area contributed by atoms with Gasteiger partial charge in [0, 0.05) is 30.2 Å². The van der Waals surface area contributed by atoms with Crippen LogP contribution >= 0.6 is 0 Å². The number of hydrogen-bond donors (Lipinski definition) is 7. The fraction of sp³-hybridized carbons (Fsp3) is 0.688.